The minimum atomic E-state index is -0.145. The van der Waals surface area contributed by atoms with E-state index in [4.69, 9.17) is 11.6 Å². The van der Waals surface area contributed by atoms with Gasteiger partial charge in [-0.25, -0.2) is 0 Å². The molecule has 0 saturated carbocycles. The Morgan fingerprint density at radius 3 is 2.33 bits per heavy atom. The highest BCUT2D eigenvalue weighted by atomic mass is 35.5. The first-order valence-corrected chi connectivity index (χ1v) is 6.87. The number of allylic oxidation sites excluding steroid dienone is 2. The van der Waals surface area contributed by atoms with Crippen LogP contribution in [0.5, 0.6) is 0 Å². The summed E-state index contributed by atoms with van der Waals surface area (Å²) in [5, 5.41) is 0.530. The highest BCUT2D eigenvalue weighted by Crippen LogP contribution is 2.14. The van der Waals surface area contributed by atoms with Gasteiger partial charge in [-0.05, 0) is 43.0 Å². The lowest BCUT2D eigenvalue weighted by atomic mass is 10.1. The van der Waals surface area contributed by atoms with E-state index >= 15 is 0 Å². The van der Waals surface area contributed by atoms with Gasteiger partial charge in [0.15, 0.2) is 5.78 Å². The van der Waals surface area contributed by atoms with Crippen LogP contribution < -0.4 is 0 Å². The van der Waals surface area contributed by atoms with Gasteiger partial charge < -0.3 is 0 Å². The minimum absolute atomic E-state index is 0.129. The molecule has 0 spiro atoms. The highest BCUT2D eigenvalue weighted by molar-refractivity contribution is 8.13. The van der Waals surface area contributed by atoms with Crippen LogP contribution in [0, 0.1) is 0 Å². The third kappa shape index (κ3) is 4.90. The predicted molar refractivity (Wildman–Crippen MR) is 77.8 cm³/mol. The fourth-order valence-electron chi connectivity index (χ4n) is 1.27. The maximum absolute atomic E-state index is 11.6. The van der Waals surface area contributed by atoms with Crippen molar-refractivity contribution in [2.24, 2.45) is 0 Å². The van der Waals surface area contributed by atoms with Gasteiger partial charge in [0.25, 0.3) is 0 Å². The molecule has 2 nitrogen and oxygen atoms in total. The summed E-state index contributed by atoms with van der Waals surface area (Å²) in [4.78, 5) is 22.6. The summed E-state index contributed by atoms with van der Waals surface area (Å²) in [6.45, 7) is 1.42. The van der Waals surface area contributed by atoms with Gasteiger partial charge in [0.1, 0.15) is 0 Å². The summed E-state index contributed by atoms with van der Waals surface area (Å²) in [6.07, 6.45) is 6.44. The number of hydrogen-bond donors (Lipinski definition) is 0. The first kappa shape index (κ1) is 14.7. The van der Waals surface area contributed by atoms with Crippen LogP contribution in [0.25, 0.3) is 6.08 Å². The van der Waals surface area contributed by atoms with Crippen LogP contribution >= 0.6 is 23.4 Å². The molecule has 1 aromatic rings. The summed E-state index contributed by atoms with van der Waals surface area (Å²) in [5.74, 6) is -0.145. The smallest absolute Gasteiger partial charge is 0.219 e. The molecule has 0 atom stereocenters. The number of carbonyl (C=O) groups excluding carboxylic acids is 2. The largest absolute Gasteiger partial charge is 0.295 e. The molecule has 0 N–H and O–H groups in total. The van der Waals surface area contributed by atoms with E-state index in [1.165, 1.54) is 13.0 Å². The zero-order valence-corrected chi connectivity index (χ0v) is 11.7. The van der Waals surface area contributed by atoms with Crippen LogP contribution in [-0.4, -0.2) is 17.2 Å². The fourth-order valence-corrected chi connectivity index (χ4v) is 1.76. The van der Waals surface area contributed by atoms with E-state index in [0.717, 1.165) is 17.3 Å². The van der Waals surface area contributed by atoms with Crippen molar-refractivity contribution in [3.8, 4) is 0 Å². The van der Waals surface area contributed by atoms with E-state index in [1.54, 1.807) is 30.5 Å². The second kappa shape index (κ2) is 7.19. The summed E-state index contributed by atoms with van der Waals surface area (Å²) in [6, 6.07) is 7.22. The van der Waals surface area contributed by atoms with Crippen LogP contribution in [0.1, 0.15) is 12.5 Å². The Morgan fingerprint density at radius 2 is 1.83 bits per heavy atom. The molecular weight excluding hydrogens is 268 g/mol. The zero-order chi connectivity index (χ0) is 13.5. The van der Waals surface area contributed by atoms with Crippen molar-refractivity contribution in [2.75, 3.05) is 6.26 Å². The predicted octanol–water partition coefficient (Wildman–Crippen LogP) is 3.76. The molecule has 0 saturated heterocycles. The maximum atomic E-state index is 11.6. The third-order valence-electron chi connectivity index (χ3n) is 2.11. The molecule has 0 aliphatic heterocycles. The van der Waals surface area contributed by atoms with Crippen molar-refractivity contribution in [2.45, 2.75) is 6.92 Å². The lowest BCUT2D eigenvalue weighted by Gasteiger charge is -1.98. The van der Waals surface area contributed by atoms with Crippen molar-refractivity contribution in [3.05, 3.63) is 52.6 Å². The van der Waals surface area contributed by atoms with Gasteiger partial charge in [0.05, 0.1) is 0 Å². The molecule has 0 aromatic heterocycles. The average molecular weight is 281 g/mol. The molecule has 18 heavy (non-hydrogen) atoms. The molecule has 0 aliphatic rings. The molecule has 0 amide bonds. The number of rotatable bonds is 4. The molecule has 0 bridgehead atoms. The van der Waals surface area contributed by atoms with Crippen molar-refractivity contribution in [1.29, 1.82) is 0 Å². The van der Waals surface area contributed by atoms with E-state index in [9.17, 15) is 9.59 Å². The number of thioether (sulfide) groups is 1. The summed E-state index contributed by atoms with van der Waals surface area (Å²) in [5.41, 5.74) is 1.31. The number of halogens is 1. The maximum Gasteiger partial charge on any atom is 0.219 e. The second-order valence-electron chi connectivity index (χ2n) is 3.59. The summed E-state index contributed by atoms with van der Waals surface area (Å²) in [7, 11) is 0. The number of ketones is 1. The molecule has 0 heterocycles. The molecule has 1 aromatic carbocycles. The molecule has 0 unspecified atom stereocenters. The minimum Gasteiger partial charge on any atom is -0.295 e. The molecule has 1 rings (SSSR count). The molecule has 0 fully saturated rings. The van der Waals surface area contributed by atoms with Gasteiger partial charge in [-0.1, -0.05) is 41.6 Å². The SMILES string of the molecule is CSC(=O)C(=C\C(C)=O)/C=C/c1ccc(Cl)cc1. The summed E-state index contributed by atoms with van der Waals surface area (Å²) < 4.78 is 0. The first-order chi connectivity index (χ1) is 8.52. The summed E-state index contributed by atoms with van der Waals surface area (Å²) >= 11 is 6.86. The Kier molecular flexibility index (Phi) is 5.89. The number of hydrogen-bond acceptors (Lipinski definition) is 3. The zero-order valence-electron chi connectivity index (χ0n) is 10.1. The van der Waals surface area contributed by atoms with Gasteiger partial charge in [-0.3, -0.25) is 9.59 Å². The standard InChI is InChI=1S/C14H13ClO2S/c1-10(16)9-12(14(17)18-2)6-3-11-4-7-13(15)8-5-11/h3-9H,1-2H3/b6-3+,12-9-. The average Bonchev–Trinajstić information content (AvgIpc) is 2.35. The normalized spacial score (nSPS) is 11.8. The highest BCUT2D eigenvalue weighted by Gasteiger charge is 2.05. The first-order valence-electron chi connectivity index (χ1n) is 5.27. The van der Waals surface area contributed by atoms with Crippen LogP contribution in [0.2, 0.25) is 5.02 Å². The quantitative estimate of drug-likeness (QED) is 0.622. The lowest BCUT2D eigenvalue weighted by molar-refractivity contribution is -0.113. The van der Waals surface area contributed by atoms with Gasteiger partial charge in [0, 0.05) is 10.6 Å². The van der Waals surface area contributed by atoms with Gasteiger partial charge in [0.2, 0.25) is 5.12 Å². The molecule has 94 valence electrons. The fraction of sp³-hybridized carbons (Fsp3) is 0.143. The molecule has 4 heteroatoms. The Morgan fingerprint density at radius 1 is 1.22 bits per heavy atom. The van der Waals surface area contributed by atoms with Crippen molar-refractivity contribution >= 4 is 40.3 Å². The van der Waals surface area contributed by atoms with E-state index in [1.807, 2.05) is 12.1 Å². The van der Waals surface area contributed by atoms with Crippen molar-refractivity contribution in [1.82, 2.24) is 0 Å². The Balaban J connectivity index is 2.93. The lowest BCUT2D eigenvalue weighted by Crippen LogP contribution is -1.96. The van der Waals surface area contributed by atoms with E-state index in [0.29, 0.717) is 10.6 Å². The van der Waals surface area contributed by atoms with Crippen molar-refractivity contribution in [3.63, 3.8) is 0 Å². The number of carbonyl (C=O) groups is 2. The van der Waals surface area contributed by atoms with Crippen molar-refractivity contribution < 1.29 is 9.59 Å². The van der Waals surface area contributed by atoms with Crippen LogP contribution in [0.3, 0.4) is 0 Å². The Labute approximate surface area is 116 Å². The van der Waals surface area contributed by atoms with E-state index < -0.39 is 0 Å². The Bertz CT molecular complexity index is 501. The Hall–Kier alpha value is -1.32. The van der Waals surface area contributed by atoms with Crippen LogP contribution in [0.4, 0.5) is 0 Å². The molecule has 0 radical (unpaired) electrons. The molecule has 0 aliphatic carbocycles. The number of benzene rings is 1. The van der Waals surface area contributed by atoms with Crippen LogP contribution in [-0.2, 0) is 9.59 Å². The van der Waals surface area contributed by atoms with Crippen LogP contribution in [0.15, 0.2) is 42.0 Å². The second-order valence-corrected chi connectivity index (χ2v) is 4.80. The third-order valence-corrected chi connectivity index (χ3v) is 2.96. The van der Waals surface area contributed by atoms with E-state index in [2.05, 4.69) is 0 Å². The topological polar surface area (TPSA) is 34.1 Å². The van der Waals surface area contributed by atoms with Gasteiger partial charge >= 0.3 is 0 Å². The van der Waals surface area contributed by atoms with Gasteiger partial charge in [-0.2, -0.15) is 0 Å². The van der Waals surface area contributed by atoms with E-state index in [-0.39, 0.29) is 10.9 Å². The van der Waals surface area contributed by atoms with Gasteiger partial charge in [-0.15, -0.1) is 0 Å². The monoisotopic (exact) mass is 280 g/mol. The molecular formula is C14H13ClO2S.